The number of aromatic nitrogens is 1. The van der Waals surface area contributed by atoms with Crippen LogP contribution in [-0.2, 0) is 6.54 Å². The van der Waals surface area contributed by atoms with Gasteiger partial charge >= 0.3 is 0 Å². The number of piperazine rings is 1. The zero-order valence-electron chi connectivity index (χ0n) is 10.6. The summed E-state index contributed by atoms with van der Waals surface area (Å²) in [6, 6.07) is 0.711. The van der Waals surface area contributed by atoms with Gasteiger partial charge in [-0.15, -0.1) is 11.3 Å². The van der Waals surface area contributed by atoms with Crippen molar-refractivity contribution in [2.75, 3.05) is 13.1 Å². The van der Waals surface area contributed by atoms with E-state index in [9.17, 15) is 0 Å². The van der Waals surface area contributed by atoms with Crippen LogP contribution in [0, 0.1) is 5.92 Å². The van der Waals surface area contributed by atoms with Gasteiger partial charge in [-0.25, -0.2) is 4.98 Å². The van der Waals surface area contributed by atoms with Crippen LogP contribution >= 0.6 is 11.3 Å². The minimum atomic E-state index is 0.247. The number of nitrogens with zero attached hydrogens (tertiary/aromatic N) is 2. The standard InChI is InChI=1S/C13H21N3S/c1-13(2)9-15-11(10-3-4-10)7-16(13)8-12-14-5-6-17-12/h5-6,10-11,15H,3-4,7-9H2,1-2H3. The molecule has 1 aromatic heterocycles. The molecule has 0 amide bonds. The second kappa shape index (κ2) is 4.34. The van der Waals surface area contributed by atoms with E-state index < -0.39 is 0 Å². The Bertz CT molecular complexity index is 370. The molecule has 2 heterocycles. The maximum atomic E-state index is 4.42. The van der Waals surface area contributed by atoms with Gasteiger partial charge < -0.3 is 5.32 Å². The summed E-state index contributed by atoms with van der Waals surface area (Å²) >= 11 is 1.77. The normalized spacial score (nSPS) is 29.4. The Balaban J connectivity index is 1.69. The molecule has 0 spiro atoms. The topological polar surface area (TPSA) is 28.2 Å². The molecule has 1 saturated carbocycles. The first-order valence-electron chi connectivity index (χ1n) is 6.52. The summed E-state index contributed by atoms with van der Waals surface area (Å²) in [5, 5.41) is 7.04. The van der Waals surface area contributed by atoms with Crippen molar-refractivity contribution in [1.82, 2.24) is 15.2 Å². The van der Waals surface area contributed by atoms with Gasteiger partial charge in [-0.1, -0.05) is 0 Å². The van der Waals surface area contributed by atoms with Gasteiger partial charge in [-0.3, -0.25) is 4.90 Å². The predicted octanol–water partition coefficient (Wildman–Crippen LogP) is 2.11. The van der Waals surface area contributed by atoms with E-state index in [4.69, 9.17) is 0 Å². The fraction of sp³-hybridized carbons (Fsp3) is 0.769. The highest BCUT2D eigenvalue weighted by atomic mass is 32.1. The molecule has 3 rings (SSSR count). The molecule has 0 bridgehead atoms. The van der Waals surface area contributed by atoms with Crippen LogP contribution in [0.3, 0.4) is 0 Å². The maximum Gasteiger partial charge on any atom is 0.107 e. The Morgan fingerprint density at radius 3 is 3.00 bits per heavy atom. The molecule has 1 aliphatic carbocycles. The zero-order chi connectivity index (χ0) is 11.9. The van der Waals surface area contributed by atoms with Gasteiger partial charge in [-0.05, 0) is 32.6 Å². The Kier molecular flexibility index (Phi) is 2.97. The van der Waals surface area contributed by atoms with Crippen molar-refractivity contribution in [3.8, 4) is 0 Å². The van der Waals surface area contributed by atoms with Gasteiger partial charge in [0.1, 0.15) is 5.01 Å². The largest absolute Gasteiger partial charge is 0.311 e. The molecule has 1 saturated heterocycles. The van der Waals surface area contributed by atoms with E-state index in [0.29, 0.717) is 6.04 Å². The summed E-state index contributed by atoms with van der Waals surface area (Å²) in [6.07, 6.45) is 4.75. The van der Waals surface area contributed by atoms with Crippen LogP contribution in [0.2, 0.25) is 0 Å². The Morgan fingerprint density at radius 1 is 1.53 bits per heavy atom. The van der Waals surface area contributed by atoms with Crippen molar-refractivity contribution in [1.29, 1.82) is 0 Å². The highest BCUT2D eigenvalue weighted by Crippen LogP contribution is 2.36. The SMILES string of the molecule is CC1(C)CNC(C2CC2)CN1Cc1nccs1. The fourth-order valence-electron chi connectivity index (χ4n) is 2.63. The zero-order valence-corrected chi connectivity index (χ0v) is 11.5. The molecule has 1 aliphatic heterocycles. The van der Waals surface area contributed by atoms with Crippen molar-refractivity contribution in [2.24, 2.45) is 5.92 Å². The summed E-state index contributed by atoms with van der Waals surface area (Å²) in [6.45, 7) is 7.94. The van der Waals surface area contributed by atoms with Crippen LogP contribution in [0.25, 0.3) is 0 Å². The van der Waals surface area contributed by atoms with Gasteiger partial charge in [0.05, 0.1) is 6.54 Å². The number of thiazole rings is 1. The molecule has 1 atom stereocenters. The molecular weight excluding hydrogens is 230 g/mol. The van der Waals surface area contributed by atoms with E-state index in [1.54, 1.807) is 11.3 Å². The second-order valence-corrected chi connectivity index (χ2v) is 6.92. The summed E-state index contributed by atoms with van der Waals surface area (Å²) < 4.78 is 0. The molecular formula is C13H21N3S. The Labute approximate surface area is 107 Å². The first kappa shape index (κ1) is 11.6. The number of rotatable bonds is 3. The smallest absolute Gasteiger partial charge is 0.107 e. The van der Waals surface area contributed by atoms with Crippen LogP contribution in [0.1, 0.15) is 31.7 Å². The van der Waals surface area contributed by atoms with Crippen LogP contribution in [0.5, 0.6) is 0 Å². The summed E-state index contributed by atoms with van der Waals surface area (Å²) in [5.74, 6) is 0.935. The second-order valence-electron chi connectivity index (χ2n) is 5.94. The third-order valence-corrected chi connectivity index (χ3v) is 4.84. The molecule has 1 aromatic rings. The van der Waals surface area contributed by atoms with E-state index in [1.807, 2.05) is 6.20 Å². The van der Waals surface area contributed by atoms with E-state index in [1.165, 1.54) is 24.4 Å². The molecule has 0 aromatic carbocycles. The lowest BCUT2D eigenvalue weighted by Gasteiger charge is -2.46. The fourth-order valence-corrected chi connectivity index (χ4v) is 3.26. The average Bonchev–Trinajstić information content (AvgIpc) is 3.00. The lowest BCUT2D eigenvalue weighted by atomic mass is 9.96. The Hall–Kier alpha value is -0.450. The number of hydrogen-bond donors (Lipinski definition) is 1. The molecule has 4 heteroatoms. The molecule has 1 N–H and O–H groups in total. The van der Waals surface area contributed by atoms with Crippen LogP contribution in [0.4, 0.5) is 0 Å². The van der Waals surface area contributed by atoms with Crippen LogP contribution < -0.4 is 5.32 Å². The molecule has 0 radical (unpaired) electrons. The molecule has 94 valence electrons. The van der Waals surface area contributed by atoms with Gasteiger partial charge in [-0.2, -0.15) is 0 Å². The van der Waals surface area contributed by atoms with Crippen LogP contribution in [-0.4, -0.2) is 34.6 Å². The van der Waals surface area contributed by atoms with Crippen molar-refractivity contribution >= 4 is 11.3 Å². The monoisotopic (exact) mass is 251 g/mol. The van der Waals surface area contributed by atoms with Gasteiger partial charge in [0.25, 0.3) is 0 Å². The molecule has 3 nitrogen and oxygen atoms in total. The van der Waals surface area contributed by atoms with Crippen molar-refractivity contribution in [2.45, 2.75) is 44.8 Å². The number of nitrogens with one attached hydrogen (secondary N) is 1. The number of hydrogen-bond acceptors (Lipinski definition) is 4. The predicted molar refractivity (Wildman–Crippen MR) is 71.1 cm³/mol. The lowest BCUT2D eigenvalue weighted by molar-refractivity contribution is 0.0533. The highest BCUT2D eigenvalue weighted by Gasteiger charge is 2.40. The summed E-state index contributed by atoms with van der Waals surface area (Å²) in [7, 11) is 0. The summed E-state index contributed by atoms with van der Waals surface area (Å²) in [5.41, 5.74) is 0.247. The van der Waals surface area contributed by atoms with Crippen molar-refractivity contribution in [3.05, 3.63) is 16.6 Å². The minimum Gasteiger partial charge on any atom is -0.311 e. The first-order valence-corrected chi connectivity index (χ1v) is 7.40. The summed E-state index contributed by atoms with van der Waals surface area (Å²) in [4.78, 5) is 7.02. The van der Waals surface area contributed by atoms with E-state index in [0.717, 1.165) is 19.0 Å². The molecule has 2 fully saturated rings. The molecule has 1 unspecified atom stereocenters. The van der Waals surface area contributed by atoms with Gasteiger partial charge in [0.2, 0.25) is 0 Å². The van der Waals surface area contributed by atoms with Crippen molar-refractivity contribution < 1.29 is 0 Å². The lowest BCUT2D eigenvalue weighted by Crippen LogP contribution is -2.62. The third kappa shape index (κ3) is 2.54. The van der Waals surface area contributed by atoms with Gasteiger partial charge in [0.15, 0.2) is 0 Å². The van der Waals surface area contributed by atoms with Crippen molar-refractivity contribution in [3.63, 3.8) is 0 Å². The van der Waals surface area contributed by atoms with Crippen LogP contribution in [0.15, 0.2) is 11.6 Å². The quantitative estimate of drug-likeness (QED) is 0.892. The third-order valence-electron chi connectivity index (χ3n) is 4.07. The van der Waals surface area contributed by atoms with Gasteiger partial charge in [0, 0.05) is 36.2 Å². The average molecular weight is 251 g/mol. The van der Waals surface area contributed by atoms with E-state index in [2.05, 4.69) is 34.4 Å². The molecule has 17 heavy (non-hydrogen) atoms. The first-order chi connectivity index (χ1) is 8.15. The highest BCUT2D eigenvalue weighted by molar-refractivity contribution is 7.09. The molecule has 2 aliphatic rings. The maximum absolute atomic E-state index is 4.42. The minimum absolute atomic E-state index is 0.247. The van der Waals surface area contributed by atoms with E-state index in [-0.39, 0.29) is 5.54 Å². The van der Waals surface area contributed by atoms with E-state index >= 15 is 0 Å². The Morgan fingerprint density at radius 2 is 2.35 bits per heavy atom.